The molecule has 178 valence electrons. The molecule has 0 saturated carbocycles. The van der Waals surface area contributed by atoms with Gasteiger partial charge in [-0.2, -0.15) is 4.72 Å². The molecule has 1 aromatic heterocycles. The topological polar surface area (TPSA) is 145 Å². The standard InChI is InChI=1S/C25H21N3O6S/c1-15(28-35(33,34)19-10-7-17(8-11-19)16-5-3-2-4-6-16)24(30)27-18-9-12-22-20(13-18)23(29)21(14-26-22)25(31)32/h2-15,28H,1H3,(H,26,29)(H,27,30)(H,31,32)/t15-/m0/s1. The Morgan fingerprint density at radius 2 is 1.60 bits per heavy atom. The number of aromatic nitrogens is 1. The van der Waals surface area contributed by atoms with Crippen LogP contribution in [-0.4, -0.2) is 36.4 Å². The van der Waals surface area contributed by atoms with Crippen molar-refractivity contribution in [2.75, 3.05) is 5.32 Å². The van der Waals surface area contributed by atoms with E-state index < -0.39 is 38.9 Å². The summed E-state index contributed by atoms with van der Waals surface area (Å²) in [5, 5.41) is 11.8. The van der Waals surface area contributed by atoms with Crippen LogP contribution >= 0.6 is 0 Å². The Labute approximate surface area is 200 Å². The molecule has 0 aliphatic heterocycles. The molecule has 10 heteroatoms. The van der Waals surface area contributed by atoms with E-state index in [9.17, 15) is 22.8 Å². The van der Waals surface area contributed by atoms with Crippen molar-refractivity contribution in [2.24, 2.45) is 0 Å². The highest BCUT2D eigenvalue weighted by atomic mass is 32.2. The van der Waals surface area contributed by atoms with Gasteiger partial charge in [0.25, 0.3) is 0 Å². The maximum atomic E-state index is 12.8. The first-order valence-electron chi connectivity index (χ1n) is 10.5. The summed E-state index contributed by atoms with van der Waals surface area (Å²) in [7, 11) is -3.98. The first kappa shape index (κ1) is 23.9. The van der Waals surface area contributed by atoms with Crippen molar-refractivity contribution in [3.05, 3.63) is 94.8 Å². The van der Waals surface area contributed by atoms with E-state index in [0.717, 1.165) is 17.3 Å². The van der Waals surface area contributed by atoms with Gasteiger partial charge in [-0.15, -0.1) is 0 Å². The number of pyridine rings is 1. The van der Waals surface area contributed by atoms with Crippen LogP contribution in [0.3, 0.4) is 0 Å². The highest BCUT2D eigenvalue weighted by Crippen LogP contribution is 2.21. The van der Waals surface area contributed by atoms with Gasteiger partial charge in [0.05, 0.1) is 10.9 Å². The number of sulfonamides is 1. The summed E-state index contributed by atoms with van der Waals surface area (Å²) in [6.45, 7) is 1.39. The Morgan fingerprint density at radius 3 is 2.26 bits per heavy atom. The highest BCUT2D eigenvalue weighted by molar-refractivity contribution is 7.89. The molecule has 9 nitrogen and oxygen atoms in total. The summed E-state index contributed by atoms with van der Waals surface area (Å²) in [5.74, 6) is -2.03. The van der Waals surface area contributed by atoms with Gasteiger partial charge in [-0.05, 0) is 48.4 Å². The summed E-state index contributed by atoms with van der Waals surface area (Å²) < 4.78 is 27.9. The van der Waals surface area contributed by atoms with E-state index in [-0.39, 0.29) is 16.0 Å². The third kappa shape index (κ3) is 5.13. The minimum Gasteiger partial charge on any atom is -0.477 e. The van der Waals surface area contributed by atoms with E-state index in [1.165, 1.54) is 37.3 Å². The lowest BCUT2D eigenvalue weighted by Gasteiger charge is -2.15. The number of carboxylic acid groups (broad SMARTS) is 1. The third-order valence-corrected chi connectivity index (χ3v) is 6.93. The van der Waals surface area contributed by atoms with Crippen LogP contribution in [0.1, 0.15) is 17.3 Å². The minimum atomic E-state index is -3.98. The lowest BCUT2D eigenvalue weighted by molar-refractivity contribution is -0.117. The molecule has 1 amide bonds. The van der Waals surface area contributed by atoms with Crippen LogP contribution in [0.5, 0.6) is 0 Å². The highest BCUT2D eigenvalue weighted by Gasteiger charge is 2.22. The summed E-state index contributed by atoms with van der Waals surface area (Å²) in [5.41, 5.74) is 1.28. The molecule has 0 unspecified atom stereocenters. The summed E-state index contributed by atoms with van der Waals surface area (Å²) in [6, 6.07) is 19.0. The SMILES string of the molecule is C[C@H](NS(=O)(=O)c1ccc(-c2ccccc2)cc1)C(=O)Nc1ccc2[nH]cc(C(=O)O)c(=O)c2c1. The van der Waals surface area contributed by atoms with Crippen molar-refractivity contribution in [1.29, 1.82) is 0 Å². The Kier molecular flexibility index (Phi) is 6.50. The number of anilines is 1. The number of H-pyrrole nitrogens is 1. The maximum Gasteiger partial charge on any atom is 0.341 e. The largest absolute Gasteiger partial charge is 0.477 e. The van der Waals surface area contributed by atoms with Gasteiger partial charge in [0, 0.05) is 22.8 Å². The predicted molar refractivity (Wildman–Crippen MR) is 132 cm³/mol. The van der Waals surface area contributed by atoms with Crippen molar-refractivity contribution >= 4 is 38.5 Å². The van der Waals surface area contributed by atoms with Gasteiger partial charge in [-0.1, -0.05) is 42.5 Å². The van der Waals surface area contributed by atoms with E-state index in [1.54, 1.807) is 12.1 Å². The zero-order valence-electron chi connectivity index (χ0n) is 18.5. The van der Waals surface area contributed by atoms with Crippen molar-refractivity contribution in [1.82, 2.24) is 9.71 Å². The van der Waals surface area contributed by atoms with Crippen LogP contribution in [0.15, 0.2) is 88.7 Å². The van der Waals surface area contributed by atoms with Crippen LogP contribution < -0.4 is 15.5 Å². The number of rotatable bonds is 7. The number of hydrogen-bond donors (Lipinski definition) is 4. The average molecular weight is 492 g/mol. The predicted octanol–water partition coefficient (Wildman–Crippen LogP) is 3.20. The normalized spacial score (nSPS) is 12.3. The van der Waals surface area contributed by atoms with Gasteiger partial charge in [0.2, 0.25) is 21.4 Å². The number of carbonyl (C=O) groups is 2. The van der Waals surface area contributed by atoms with Crippen LogP contribution in [0.25, 0.3) is 22.0 Å². The van der Waals surface area contributed by atoms with E-state index in [2.05, 4.69) is 15.0 Å². The van der Waals surface area contributed by atoms with Crippen molar-refractivity contribution < 1.29 is 23.1 Å². The molecule has 1 atom stereocenters. The fourth-order valence-corrected chi connectivity index (χ4v) is 4.72. The Bertz CT molecular complexity index is 1580. The Hall–Kier alpha value is -4.28. The number of carbonyl (C=O) groups excluding carboxylic acids is 1. The quantitative estimate of drug-likeness (QED) is 0.312. The number of amides is 1. The lowest BCUT2D eigenvalue weighted by atomic mass is 10.1. The molecule has 4 N–H and O–H groups in total. The van der Waals surface area contributed by atoms with Crippen LogP contribution in [0.2, 0.25) is 0 Å². The van der Waals surface area contributed by atoms with E-state index in [4.69, 9.17) is 5.11 Å². The number of nitrogens with one attached hydrogen (secondary N) is 3. The van der Waals surface area contributed by atoms with Crippen molar-refractivity contribution in [3.63, 3.8) is 0 Å². The zero-order valence-corrected chi connectivity index (χ0v) is 19.3. The second kappa shape index (κ2) is 9.53. The molecule has 0 saturated heterocycles. The second-order valence-corrected chi connectivity index (χ2v) is 9.53. The Morgan fingerprint density at radius 1 is 0.943 bits per heavy atom. The van der Waals surface area contributed by atoms with Gasteiger partial charge in [-0.3, -0.25) is 9.59 Å². The second-order valence-electron chi connectivity index (χ2n) is 7.82. The fourth-order valence-electron chi connectivity index (χ4n) is 3.52. The monoisotopic (exact) mass is 491 g/mol. The molecule has 0 radical (unpaired) electrons. The molecule has 3 aromatic carbocycles. The number of aromatic carboxylic acids is 1. The van der Waals surface area contributed by atoms with E-state index >= 15 is 0 Å². The number of hydrogen-bond acceptors (Lipinski definition) is 5. The van der Waals surface area contributed by atoms with Crippen LogP contribution in [0, 0.1) is 0 Å². The lowest BCUT2D eigenvalue weighted by Crippen LogP contribution is -2.41. The summed E-state index contributed by atoms with van der Waals surface area (Å²) in [6.07, 6.45) is 1.11. The van der Waals surface area contributed by atoms with E-state index in [1.807, 2.05) is 30.3 Å². The Balaban J connectivity index is 1.49. The van der Waals surface area contributed by atoms with Gasteiger partial charge in [-0.25, -0.2) is 13.2 Å². The summed E-state index contributed by atoms with van der Waals surface area (Å²) >= 11 is 0. The molecule has 0 spiro atoms. The molecule has 4 rings (SSSR count). The number of benzene rings is 3. The molecular weight excluding hydrogens is 470 g/mol. The molecule has 0 fully saturated rings. The molecule has 1 heterocycles. The molecular formula is C25H21N3O6S. The van der Waals surface area contributed by atoms with Crippen LogP contribution in [-0.2, 0) is 14.8 Å². The molecule has 0 bridgehead atoms. The average Bonchev–Trinajstić information content (AvgIpc) is 2.84. The van der Waals surface area contributed by atoms with Gasteiger partial charge >= 0.3 is 5.97 Å². The van der Waals surface area contributed by atoms with E-state index in [0.29, 0.717) is 5.52 Å². The summed E-state index contributed by atoms with van der Waals surface area (Å²) in [4.78, 5) is 39.0. The molecule has 4 aromatic rings. The smallest absolute Gasteiger partial charge is 0.341 e. The fraction of sp³-hybridized carbons (Fsp3) is 0.0800. The van der Waals surface area contributed by atoms with Crippen LogP contribution in [0.4, 0.5) is 5.69 Å². The number of fused-ring (bicyclic) bond motifs is 1. The van der Waals surface area contributed by atoms with Crippen molar-refractivity contribution in [3.8, 4) is 11.1 Å². The number of carboxylic acids is 1. The van der Waals surface area contributed by atoms with Crippen molar-refractivity contribution in [2.45, 2.75) is 17.9 Å². The molecule has 0 aliphatic rings. The zero-order chi connectivity index (χ0) is 25.2. The van der Waals surface area contributed by atoms with Gasteiger partial charge in [0.15, 0.2) is 0 Å². The molecule has 35 heavy (non-hydrogen) atoms. The molecule has 0 aliphatic carbocycles. The first-order valence-corrected chi connectivity index (χ1v) is 12.0. The van der Waals surface area contributed by atoms with Gasteiger partial charge in [0.1, 0.15) is 5.56 Å². The first-order chi connectivity index (χ1) is 16.7. The minimum absolute atomic E-state index is 0.00951. The maximum absolute atomic E-state index is 12.8. The number of aromatic amines is 1. The van der Waals surface area contributed by atoms with Gasteiger partial charge < -0.3 is 15.4 Å². The third-order valence-electron chi connectivity index (χ3n) is 5.38.